The van der Waals surface area contributed by atoms with E-state index in [4.69, 9.17) is 0 Å². The molecule has 1 N–H and O–H groups in total. The van der Waals surface area contributed by atoms with Crippen molar-refractivity contribution >= 4 is 11.3 Å². The van der Waals surface area contributed by atoms with Crippen molar-refractivity contribution in [2.24, 2.45) is 0 Å². The molecule has 1 aromatic heterocycles. The van der Waals surface area contributed by atoms with Gasteiger partial charge in [0.25, 0.3) is 0 Å². The quantitative estimate of drug-likeness (QED) is 0.855. The zero-order valence-electron chi connectivity index (χ0n) is 10.9. The van der Waals surface area contributed by atoms with Crippen LogP contribution in [-0.2, 0) is 0 Å². The van der Waals surface area contributed by atoms with Crippen LogP contribution in [0.25, 0.3) is 0 Å². The topological polar surface area (TPSA) is 23.5 Å². The van der Waals surface area contributed by atoms with E-state index in [-0.39, 0.29) is 5.54 Å². The monoisotopic (exact) mass is 241 g/mol. The lowest BCUT2D eigenvalue weighted by Gasteiger charge is -2.41. The molecule has 0 radical (unpaired) electrons. The van der Waals surface area contributed by atoms with Gasteiger partial charge in [-0.25, -0.2) is 0 Å². The Morgan fingerprint density at radius 1 is 1.38 bits per heavy atom. The zero-order chi connectivity index (χ0) is 12.3. The number of aliphatic hydroxyl groups excluding tert-OH is 1. The van der Waals surface area contributed by atoms with Crippen molar-refractivity contribution in [2.75, 3.05) is 13.1 Å². The Labute approximate surface area is 103 Å². The highest BCUT2D eigenvalue weighted by Crippen LogP contribution is 2.34. The van der Waals surface area contributed by atoms with E-state index in [1.54, 1.807) is 11.3 Å². The second-order valence-corrected chi connectivity index (χ2v) is 5.78. The first-order valence-corrected chi connectivity index (χ1v) is 6.80. The standard InChI is InChI=1S/C13H23NOS/c1-6-14(7-2)13(4,5)12(15)11-8-9-16-10(11)3/h8-9,12,15H,6-7H2,1-5H3. The van der Waals surface area contributed by atoms with Gasteiger partial charge in [0, 0.05) is 10.4 Å². The summed E-state index contributed by atoms with van der Waals surface area (Å²) in [4.78, 5) is 3.52. The molecule has 2 nitrogen and oxygen atoms in total. The second-order valence-electron chi connectivity index (χ2n) is 4.66. The van der Waals surface area contributed by atoms with E-state index in [0.29, 0.717) is 0 Å². The molecule has 0 aliphatic heterocycles. The van der Waals surface area contributed by atoms with Crippen molar-refractivity contribution in [3.05, 3.63) is 21.9 Å². The van der Waals surface area contributed by atoms with Crippen LogP contribution in [0.3, 0.4) is 0 Å². The van der Waals surface area contributed by atoms with Crippen molar-refractivity contribution in [3.63, 3.8) is 0 Å². The molecule has 0 saturated carbocycles. The van der Waals surface area contributed by atoms with Gasteiger partial charge in [-0.1, -0.05) is 13.8 Å². The van der Waals surface area contributed by atoms with E-state index in [9.17, 15) is 5.11 Å². The van der Waals surface area contributed by atoms with Crippen LogP contribution in [0.4, 0.5) is 0 Å². The summed E-state index contributed by atoms with van der Waals surface area (Å²) in [6, 6.07) is 2.04. The summed E-state index contributed by atoms with van der Waals surface area (Å²) in [5.41, 5.74) is 0.858. The van der Waals surface area contributed by atoms with Crippen LogP contribution in [0.2, 0.25) is 0 Å². The summed E-state index contributed by atoms with van der Waals surface area (Å²) in [5, 5.41) is 12.6. The summed E-state index contributed by atoms with van der Waals surface area (Å²) >= 11 is 1.70. The highest BCUT2D eigenvalue weighted by molar-refractivity contribution is 7.10. The van der Waals surface area contributed by atoms with E-state index >= 15 is 0 Å². The molecule has 0 aliphatic carbocycles. The van der Waals surface area contributed by atoms with E-state index in [2.05, 4.69) is 39.5 Å². The average molecular weight is 241 g/mol. The first-order chi connectivity index (χ1) is 7.45. The first kappa shape index (κ1) is 13.7. The first-order valence-electron chi connectivity index (χ1n) is 5.92. The minimum atomic E-state index is -0.418. The van der Waals surface area contributed by atoms with Crippen LogP contribution in [0, 0.1) is 6.92 Å². The predicted molar refractivity (Wildman–Crippen MR) is 71.0 cm³/mol. The Balaban J connectivity index is 2.95. The maximum absolute atomic E-state index is 10.5. The third-order valence-corrected chi connectivity index (χ3v) is 4.30. The van der Waals surface area contributed by atoms with E-state index in [0.717, 1.165) is 18.7 Å². The number of aryl methyl sites for hydroxylation is 1. The van der Waals surface area contributed by atoms with E-state index < -0.39 is 6.10 Å². The summed E-state index contributed by atoms with van der Waals surface area (Å²) in [5.74, 6) is 0. The normalized spacial score (nSPS) is 14.4. The Kier molecular flexibility index (Phi) is 4.53. The fourth-order valence-electron chi connectivity index (χ4n) is 2.27. The van der Waals surface area contributed by atoms with Crippen LogP contribution >= 0.6 is 11.3 Å². The Morgan fingerprint density at radius 2 is 1.94 bits per heavy atom. The van der Waals surface area contributed by atoms with Crippen molar-refractivity contribution in [1.82, 2.24) is 4.90 Å². The molecule has 3 heteroatoms. The van der Waals surface area contributed by atoms with Crippen LogP contribution in [0.15, 0.2) is 11.4 Å². The number of nitrogens with zero attached hydrogens (tertiary/aromatic N) is 1. The molecule has 16 heavy (non-hydrogen) atoms. The molecule has 0 bridgehead atoms. The van der Waals surface area contributed by atoms with Crippen LogP contribution in [0.1, 0.15) is 44.2 Å². The summed E-state index contributed by atoms with van der Waals surface area (Å²) in [6.07, 6.45) is -0.418. The number of rotatable bonds is 5. The molecule has 0 saturated heterocycles. The Hall–Kier alpha value is -0.380. The van der Waals surface area contributed by atoms with Gasteiger partial charge in [-0.3, -0.25) is 4.90 Å². The molecule has 1 unspecified atom stereocenters. The highest BCUT2D eigenvalue weighted by atomic mass is 32.1. The molecule has 0 fully saturated rings. The van der Waals surface area contributed by atoms with Gasteiger partial charge in [-0.05, 0) is 50.9 Å². The molecular weight excluding hydrogens is 218 g/mol. The molecule has 0 aliphatic rings. The molecule has 1 rings (SSSR count). The van der Waals surface area contributed by atoms with Gasteiger partial charge in [-0.15, -0.1) is 11.3 Å². The lowest BCUT2D eigenvalue weighted by molar-refractivity contribution is -0.00633. The third kappa shape index (κ3) is 2.47. The third-order valence-electron chi connectivity index (χ3n) is 3.44. The van der Waals surface area contributed by atoms with Gasteiger partial charge in [0.2, 0.25) is 0 Å². The Bertz CT molecular complexity index is 328. The smallest absolute Gasteiger partial charge is 0.0978 e. The Morgan fingerprint density at radius 3 is 2.31 bits per heavy atom. The summed E-state index contributed by atoms with van der Waals surface area (Å²) < 4.78 is 0. The maximum Gasteiger partial charge on any atom is 0.0978 e. The molecule has 0 amide bonds. The second kappa shape index (κ2) is 5.30. The maximum atomic E-state index is 10.5. The highest BCUT2D eigenvalue weighted by Gasteiger charge is 2.34. The number of hydrogen-bond donors (Lipinski definition) is 1. The fourth-order valence-corrected chi connectivity index (χ4v) is 3.01. The molecular formula is C13H23NOS. The molecule has 1 aromatic rings. The van der Waals surface area contributed by atoms with E-state index in [1.165, 1.54) is 4.88 Å². The molecule has 1 heterocycles. The van der Waals surface area contributed by atoms with Crippen molar-refractivity contribution < 1.29 is 5.11 Å². The van der Waals surface area contributed by atoms with Crippen molar-refractivity contribution in [2.45, 2.75) is 46.3 Å². The predicted octanol–water partition coefficient (Wildman–Crippen LogP) is 3.21. The number of aliphatic hydroxyl groups is 1. The number of likely N-dealkylation sites (N-methyl/N-ethyl adjacent to an activating group) is 1. The average Bonchev–Trinajstić information content (AvgIpc) is 2.64. The van der Waals surface area contributed by atoms with Gasteiger partial charge >= 0.3 is 0 Å². The summed E-state index contributed by atoms with van der Waals surface area (Å²) in [6.45, 7) is 12.5. The largest absolute Gasteiger partial charge is 0.386 e. The molecule has 0 aromatic carbocycles. The van der Waals surface area contributed by atoms with Crippen molar-refractivity contribution in [3.8, 4) is 0 Å². The SMILES string of the molecule is CCN(CC)C(C)(C)C(O)c1ccsc1C. The minimum Gasteiger partial charge on any atom is -0.386 e. The van der Waals surface area contributed by atoms with Gasteiger partial charge in [-0.2, -0.15) is 0 Å². The molecule has 0 spiro atoms. The van der Waals surface area contributed by atoms with Crippen LogP contribution < -0.4 is 0 Å². The summed E-state index contributed by atoms with van der Waals surface area (Å²) in [7, 11) is 0. The number of hydrogen-bond acceptors (Lipinski definition) is 3. The van der Waals surface area contributed by atoms with E-state index in [1.807, 2.05) is 11.4 Å². The minimum absolute atomic E-state index is 0.213. The van der Waals surface area contributed by atoms with Crippen molar-refractivity contribution in [1.29, 1.82) is 0 Å². The van der Waals surface area contributed by atoms with Crippen LogP contribution in [-0.4, -0.2) is 28.6 Å². The van der Waals surface area contributed by atoms with Crippen LogP contribution in [0.5, 0.6) is 0 Å². The lowest BCUT2D eigenvalue weighted by Crippen LogP contribution is -2.48. The van der Waals surface area contributed by atoms with Gasteiger partial charge in [0.1, 0.15) is 0 Å². The molecule has 1 atom stereocenters. The number of thiophene rings is 1. The lowest BCUT2D eigenvalue weighted by atomic mass is 9.89. The zero-order valence-corrected chi connectivity index (χ0v) is 11.8. The van der Waals surface area contributed by atoms with Gasteiger partial charge < -0.3 is 5.11 Å². The van der Waals surface area contributed by atoms with Gasteiger partial charge in [0.15, 0.2) is 0 Å². The fraction of sp³-hybridized carbons (Fsp3) is 0.692. The van der Waals surface area contributed by atoms with Gasteiger partial charge in [0.05, 0.1) is 6.10 Å². The molecule has 92 valence electrons.